The second-order valence-corrected chi connectivity index (χ2v) is 8.12. The summed E-state index contributed by atoms with van der Waals surface area (Å²) in [5, 5.41) is 25.5. The Morgan fingerprint density at radius 3 is 2.61 bits per heavy atom. The molecule has 0 amide bonds. The Labute approximate surface area is 185 Å². The van der Waals surface area contributed by atoms with E-state index in [-0.39, 0.29) is 22.6 Å². The van der Waals surface area contributed by atoms with Crippen molar-refractivity contribution in [3.8, 4) is 6.07 Å². The van der Waals surface area contributed by atoms with Gasteiger partial charge in [-0.3, -0.25) is 0 Å². The summed E-state index contributed by atoms with van der Waals surface area (Å²) in [4.78, 5) is 24.7. The number of carboxylic acids is 1. The first-order valence-electron chi connectivity index (χ1n) is 9.82. The maximum atomic E-state index is 11.6. The number of carboxylic acid groups (broad SMARTS) is 1. The van der Waals surface area contributed by atoms with E-state index in [0.29, 0.717) is 35.0 Å². The predicted molar refractivity (Wildman–Crippen MR) is 121 cm³/mol. The van der Waals surface area contributed by atoms with Crippen molar-refractivity contribution in [2.45, 2.75) is 33.7 Å². The minimum atomic E-state index is -1.18. The molecule has 0 aliphatic carbocycles. The van der Waals surface area contributed by atoms with Gasteiger partial charge < -0.3 is 15.7 Å². The molecule has 0 radical (unpaired) electrons. The van der Waals surface area contributed by atoms with Crippen LogP contribution in [0.1, 0.15) is 54.1 Å². The van der Waals surface area contributed by atoms with Gasteiger partial charge in [-0.1, -0.05) is 31.5 Å². The number of carbonyl (C=O) groups is 1. The first-order chi connectivity index (χ1) is 14.7. The molecule has 160 valence electrons. The summed E-state index contributed by atoms with van der Waals surface area (Å²) >= 11 is 5.86. The van der Waals surface area contributed by atoms with Gasteiger partial charge in [0.15, 0.2) is 17.2 Å². The van der Waals surface area contributed by atoms with Gasteiger partial charge in [0.05, 0.1) is 22.8 Å². The van der Waals surface area contributed by atoms with Crippen LogP contribution in [-0.2, 0) is 0 Å². The molecular weight excluding hydrogens is 416 g/mol. The number of anilines is 2. The molecule has 0 saturated heterocycles. The first kappa shape index (κ1) is 22.2. The van der Waals surface area contributed by atoms with Gasteiger partial charge in [-0.05, 0) is 43.5 Å². The van der Waals surface area contributed by atoms with E-state index in [4.69, 9.17) is 16.6 Å². The van der Waals surface area contributed by atoms with Crippen molar-refractivity contribution >= 4 is 40.1 Å². The number of nitrogens with zero attached hydrogens (tertiary/aromatic N) is 4. The number of nitrogens with one attached hydrogen (secondary N) is 2. The maximum absolute atomic E-state index is 11.6. The zero-order valence-electron chi connectivity index (χ0n) is 17.7. The molecule has 0 saturated carbocycles. The summed E-state index contributed by atoms with van der Waals surface area (Å²) in [5.41, 5.74) is 3.43. The van der Waals surface area contributed by atoms with E-state index in [1.165, 1.54) is 6.07 Å². The molecule has 2 aromatic heterocycles. The van der Waals surface area contributed by atoms with E-state index in [1.54, 1.807) is 6.07 Å². The van der Waals surface area contributed by atoms with Crippen molar-refractivity contribution in [3.05, 3.63) is 51.9 Å². The van der Waals surface area contributed by atoms with E-state index in [9.17, 15) is 15.2 Å². The van der Waals surface area contributed by atoms with E-state index in [0.717, 1.165) is 11.1 Å². The molecule has 2 heterocycles. The molecule has 3 N–H and O–H groups in total. The van der Waals surface area contributed by atoms with Crippen molar-refractivity contribution < 1.29 is 9.90 Å². The number of rotatable bonds is 7. The number of aromatic carboxylic acids is 1. The second-order valence-electron chi connectivity index (χ2n) is 7.73. The number of halogens is 1. The Morgan fingerprint density at radius 2 is 1.97 bits per heavy atom. The van der Waals surface area contributed by atoms with Gasteiger partial charge in [-0.2, -0.15) is 5.26 Å². The molecule has 9 heteroatoms. The minimum Gasteiger partial charge on any atom is -0.476 e. The van der Waals surface area contributed by atoms with Crippen LogP contribution in [0.25, 0.3) is 11.0 Å². The fourth-order valence-electron chi connectivity index (χ4n) is 3.19. The Kier molecular flexibility index (Phi) is 6.56. The molecule has 31 heavy (non-hydrogen) atoms. The molecule has 0 spiro atoms. The first-order valence-corrected chi connectivity index (χ1v) is 10.2. The van der Waals surface area contributed by atoms with Crippen molar-refractivity contribution in [1.82, 2.24) is 15.0 Å². The highest BCUT2D eigenvalue weighted by Gasteiger charge is 2.19. The molecular formula is C22H23ClN6O2. The van der Waals surface area contributed by atoms with Crippen LogP contribution in [0.5, 0.6) is 0 Å². The second kappa shape index (κ2) is 9.14. The summed E-state index contributed by atoms with van der Waals surface area (Å²) < 4.78 is 0. The van der Waals surface area contributed by atoms with E-state index >= 15 is 0 Å². The van der Waals surface area contributed by atoms with Crippen LogP contribution < -0.4 is 10.6 Å². The van der Waals surface area contributed by atoms with Crippen LogP contribution in [-0.4, -0.2) is 32.6 Å². The van der Waals surface area contributed by atoms with Crippen molar-refractivity contribution in [3.63, 3.8) is 0 Å². The quantitative estimate of drug-likeness (QED) is 0.449. The summed E-state index contributed by atoms with van der Waals surface area (Å²) in [5.74, 6) is -0.376. The fourth-order valence-corrected chi connectivity index (χ4v) is 3.34. The van der Waals surface area contributed by atoms with Crippen molar-refractivity contribution in [2.24, 2.45) is 5.92 Å². The molecule has 1 atom stereocenters. The smallest absolute Gasteiger partial charge is 0.356 e. The molecule has 0 aliphatic rings. The van der Waals surface area contributed by atoms with Gasteiger partial charge in [-0.15, -0.1) is 0 Å². The molecule has 0 aliphatic heterocycles. The highest BCUT2D eigenvalue weighted by molar-refractivity contribution is 6.29. The number of fused-ring (bicyclic) bond motifs is 1. The number of hydrogen-bond acceptors (Lipinski definition) is 7. The van der Waals surface area contributed by atoms with Crippen LogP contribution >= 0.6 is 11.6 Å². The molecule has 3 rings (SSSR count). The lowest BCUT2D eigenvalue weighted by atomic mass is 10.0. The number of benzene rings is 1. The standard InChI is InChI=1S/C22H23ClN6O2/c1-11(2)10-25-21-17(9-24)27-16-8-12(3)7-14(19(16)29-21)13(4)26-15-5-6-18(23)28-20(15)22(30)31/h5-8,11,13,26H,10H2,1-4H3,(H,25,29)(H,30,31)/t13-/m1/s1. The van der Waals surface area contributed by atoms with Gasteiger partial charge in [0.25, 0.3) is 0 Å². The molecule has 0 fully saturated rings. The van der Waals surface area contributed by atoms with Crippen LogP contribution in [0.4, 0.5) is 11.5 Å². The monoisotopic (exact) mass is 438 g/mol. The number of aromatic nitrogens is 3. The zero-order chi connectivity index (χ0) is 22.7. The van der Waals surface area contributed by atoms with Crippen LogP contribution in [0, 0.1) is 24.2 Å². The minimum absolute atomic E-state index is 0.104. The normalized spacial score (nSPS) is 11.9. The topological polar surface area (TPSA) is 124 Å². The number of hydrogen-bond donors (Lipinski definition) is 3. The average Bonchev–Trinajstić information content (AvgIpc) is 2.71. The summed E-state index contributed by atoms with van der Waals surface area (Å²) in [7, 11) is 0. The number of aryl methyl sites for hydroxylation is 1. The molecule has 0 bridgehead atoms. The van der Waals surface area contributed by atoms with Crippen LogP contribution in [0.3, 0.4) is 0 Å². The van der Waals surface area contributed by atoms with Crippen molar-refractivity contribution in [1.29, 1.82) is 5.26 Å². The van der Waals surface area contributed by atoms with Crippen molar-refractivity contribution in [2.75, 3.05) is 17.2 Å². The SMILES string of the molecule is Cc1cc([C@@H](C)Nc2ccc(Cl)nc2C(=O)O)c2nc(NCC(C)C)c(C#N)nc2c1. The number of nitriles is 1. The summed E-state index contributed by atoms with van der Waals surface area (Å²) in [6.45, 7) is 8.61. The number of pyridine rings is 1. The zero-order valence-corrected chi connectivity index (χ0v) is 18.4. The summed E-state index contributed by atoms with van der Waals surface area (Å²) in [6.07, 6.45) is 0. The summed E-state index contributed by atoms with van der Waals surface area (Å²) in [6, 6.07) is 8.75. The van der Waals surface area contributed by atoms with Crippen LogP contribution in [0.2, 0.25) is 5.15 Å². The lowest BCUT2D eigenvalue weighted by Gasteiger charge is -2.19. The lowest BCUT2D eigenvalue weighted by Crippen LogP contribution is -2.15. The largest absolute Gasteiger partial charge is 0.476 e. The highest BCUT2D eigenvalue weighted by atomic mass is 35.5. The fraction of sp³-hybridized carbons (Fsp3) is 0.318. The maximum Gasteiger partial charge on any atom is 0.356 e. The Hall–Kier alpha value is -3.44. The Bertz CT molecular complexity index is 1190. The molecule has 8 nitrogen and oxygen atoms in total. The highest BCUT2D eigenvalue weighted by Crippen LogP contribution is 2.29. The van der Waals surface area contributed by atoms with Gasteiger partial charge >= 0.3 is 5.97 Å². The lowest BCUT2D eigenvalue weighted by molar-refractivity contribution is 0.0691. The van der Waals surface area contributed by atoms with Gasteiger partial charge in [0.1, 0.15) is 11.2 Å². The van der Waals surface area contributed by atoms with Crippen LogP contribution in [0.15, 0.2) is 24.3 Å². The van der Waals surface area contributed by atoms with E-state index < -0.39 is 5.97 Å². The third-order valence-electron chi connectivity index (χ3n) is 4.63. The predicted octanol–water partition coefficient (Wildman–Crippen LogP) is 4.80. The van der Waals surface area contributed by atoms with Gasteiger partial charge in [-0.25, -0.2) is 19.7 Å². The van der Waals surface area contributed by atoms with Gasteiger partial charge in [0.2, 0.25) is 0 Å². The Morgan fingerprint density at radius 1 is 1.23 bits per heavy atom. The van der Waals surface area contributed by atoms with E-state index in [1.807, 2.05) is 26.0 Å². The molecule has 0 unspecified atom stereocenters. The molecule has 3 aromatic rings. The third kappa shape index (κ3) is 5.01. The Balaban J connectivity index is 2.08. The van der Waals surface area contributed by atoms with Gasteiger partial charge in [0, 0.05) is 12.1 Å². The van der Waals surface area contributed by atoms with E-state index in [2.05, 4.69) is 40.5 Å². The third-order valence-corrected chi connectivity index (χ3v) is 4.84. The molecule has 1 aromatic carbocycles. The average molecular weight is 439 g/mol.